The average Bonchev–Trinajstić information content (AvgIpc) is 3.15. The van der Waals surface area contributed by atoms with E-state index in [1.807, 2.05) is 4.90 Å². The van der Waals surface area contributed by atoms with Gasteiger partial charge < -0.3 is 19.9 Å². The predicted molar refractivity (Wildman–Crippen MR) is 100 cm³/mol. The molecule has 6 heteroatoms. The second-order valence-corrected chi connectivity index (χ2v) is 7.27. The molecule has 0 spiro atoms. The van der Waals surface area contributed by atoms with Crippen LogP contribution < -0.4 is 10.1 Å². The summed E-state index contributed by atoms with van der Waals surface area (Å²) in [5.74, 6) is 1.04. The molecule has 1 aromatic carbocycles. The third-order valence-electron chi connectivity index (χ3n) is 5.36. The standard InChI is InChI=1S/C20H29N3O3/c1-26-18-7-5-17(6-8-18)20(25)21-13-19(24)23-12-9-16(15-23)14-22-10-3-2-4-11-22/h5-8,16H,2-4,9-15H2,1H3,(H,21,25). The summed E-state index contributed by atoms with van der Waals surface area (Å²) in [6, 6.07) is 6.87. The van der Waals surface area contributed by atoms with E-state index >= 15 is 0 Å². The molecular weight excluding hydrogens is 330 g/mol. The third kappa shape index (κ3) is 4.97. The van der Waals surface area contributed by atoms with Gasteiger partial charge in [0.05, 0.1) is 13.7 Å². The highest BCUT2D eigenvalue weighted by atomic mass is 16.5. The second kappa shape index (κ2) is 9.03. The predicted octanol–water partition coefficient (Wildman–Crippen LogP) is 1.76. The van der Waals surface area contributed by atoms with Crippen LogP contribution >= 0.6 is 0 Å². The number of rotatable bonds is 6. The molecule has 2 saturated heterocycles. The lowest BCUT2D eigenvalue weighted by Gasteiger charge is -2.29. The molecule has 2 fully saturated rings. The first-order valence-corrected chi connectivity index (χ1v) is 9.58. The van der Waals surface area contributed by atoms with Crippen LogP contribution in [-0.2, 0) is 4.79 Å². The number of likely N-dealkylation sites (tertiary alicyclic amines) is 2. The van der Waals surface area contributed by atoms with E-state index in [2.05, 4.69) is 10.2 Å². The Hall–Kier alpha value is -2.08. The SMILES string of the molecule is COc1ccc(C(=O)NCC(=O)N2CCC(CN3CCCCC3)C2)cc1. The van der Waals surface area contributed by atoms with Crippen molar-refractivity contribution in [3.63, 3.8) is 0 Å². The quantitative estimate of drug-likeness (QED) is 0.841. The first-order valence-electron chi connectivity index (χ1n) is 9.58. The molecule has 2 aliphatic rings. The maximum Gasteiger partial charge on any atom is 0.251 e. The molecule has 1 aromatic rings. The summed E-state index contributed by atoms with van der Waals surface area (Å²) in [4.78, 5) is 29.0. The Kier molecular flexibility index (Phi) is 6.50. The lowest BCUT2D eigenvalue weighted by molar-refractivity contribution is -0.129. The number of amides is 2. The van der Waals surface area contributed by atoms with Crippen LogP contribution in [0, 0.1) is 5.92 Å². The molecule has 3 rings (SSSR count). The Morgan fingerprint density at radius 3 is 2.54 bits per heavy atom. The van der Waals surface area contributed by atoms with Crippen molar-refractivity contribution in [1.29, 1.82) is 0 Å². The summed E-state index contributed by atoms with van der Waals surface area (Å²) in [5.41, 5.74) is 0.531. The molecule has 142 valence electrons. The number of carbonyl (C=O) groups excluding carboxylic acids is 2. The number of hydrogen-bond donors (Lipinski definition) is 1. The number of hydrogen-bond acceptors (Lipinski definition) is 4. The lowest BCUT2D eigenvalue weighted by Crippen LogP contribution is -2.40. The van der Waals surface area contributed by atoms with Gasteiger partial charge in [-0.3, -0.25) is 9.59 Å². The molecule has 0 radical (unpaired) electrons. The summed E-state index contributed by atoms with van der Waals surface area (Å²) in [6.45, 7) is 5.16. The Morgan fingerprint density at radius 2 is 1.85 bits per heavy atom. The van der Waals surface area contributed by atoms with Gasteiger partial charge in [-0.1, -0.05) is 6.42 Å². The average molecular weight is 359 g/mol. The van der Waals surface area contributed by atoms with Gasteiger partial charge in [0.25, 0.3) is 5.91 Å². The fraction of sp³-hybridized carbons (Fsp3) is 0.600. The highest BCUT2D eigenvalue weighted by Crippen LogP contribution is 2.19. The molecule has 0 aromatic heterocycles. The smallest absolute Gasteiger partial charge is 0.251 e. The summed E-state index contributed by atoms with van der Waals surface area (Å²) in [7, 11) is 1.59. The number of benzene rings is 1. The topological polar surface area (TPSA) is 61.9 Å². The van der Waals surface area contributed by atoms with Gasteiger partial charge in [-0.2, -0.15) is 0 Å². The minimum Gasteiger partial charge on any atom is -0.497 e. The molecule has 1 N–H and O–H groups in total. The number of nitrogens with zero attached hydrogens (tertiary/aromatic N) is 2. The van der Waals surface area contributed by atoms with Gasteiger partial charge in [0.1, 0.15) is 5.75 Å². The van der Waals surface area contributed by atoms with Crippen LogP contribution in [0.1, 0.15) is 36.0 Å². The number of nitrogens with one attached hydrogen (secondary N) is 1. The number of ether oxygens (including phenoxy) is 1. The van der Waals surface area contributed by atoms with E-state index in [1.165, 1.54) is 32.4 Å². The number of piperidine rings is 1. The van der Waals surface area contributed by atoms with Crippen LogP contribution in [0.2, 0.25) is 0 Å². The summed E-state index contributed by atoms with van der Waals surface area (Å²) in [6.07, 6.45) is 5.01. The van der Waals surface area contributed by atoms with E-state index in [1.54, 1.807) is 31.4 Å². The first-order chi connectivity index (χ1) is 12.7. The van der Waals surface area contributed by atoms with Crippen LogP contribution in [0.15, 0.2) is 24.3 Å². The Bertz CT molecular complexity index is 611. The molecule has 2 aliphatic heterocycles. The fourth-order valence-corrected chi connectivity index (χ4v) is 3.83. The number of methoxy groups -OCH3 is 1. The fourth-order valence-electron chi connectivity index (χ4n) is 3.83. The van der Waals surface area contributed by atoms with Gasteiger partial charge in [0, 0.05) is 25.2 Å². The molecule has 0 saturated carbocycles. The molecule has 26 heavy (non-hydrogen) atoms. The maximum atomic E-state index is 12.4. The van der Waals surface area contributed by atoms with Gasteiger partial charge in [0.2, 0.25) is 5.91 Å². The van der Waals surface area contributed by atoms with Crippen LogP contribution in [-0.4, -0.2) is 68.0 Å². The highest BCUT2D eigenvalue weighted by Gasteiger charge is 2.28. The molecule has 0 bridgehead atoms. The summed E-state index contributed by atoms with van der Waals surface area (Å²) in [5, 5.41) is 2.73. The highest BCUT2D eigenvalue weighted by molar-refractivity contribution is 5.96. The molecule has 1 atom stereocenters. The molecular formula is C20H29N3O3. The zero-order valence-corrected chi connectivity index (χ0v) is 15.6. The van der Waals surface area contributed by atoms with E-state index < -0.39 is 0 Å². The maximum absolute atomic E-state index is 12.4. The van der Waals surface area contributed by atoms with Crippen molar-refractivity contribution >= 4 is 11.8 Å². The van der Waals surface area contributed by atoms with Crippen molar-refractivity contribution in [3.05, 3.63) is 29.8 Å². The molecule has 6 nitrogen and oxygen atoms in total. The van der Waals surface area contributed by atoms with E-state index in [9.17, 15) is 9.59 Å². The third-order valence-corrected chi connectivity index (χ3v) is 5.36. The molecule has 1 unspecified atom stereocenters. The van der Waals surface area contributed by atoms with Crippen molar-refractivity contribution < 1.29 is 14.3 Å². The zero-order chi connectivity index (χ0) is 18.4. The van der Waals surface area contributed by atoms with Crippen LogP contribution in [0.3, 0.4) is 0 Å². The second-order valence-electron chi connectivity index (χ2n) is 7.27. The van der Waals surface area contributed by atoms with Crippen LogP contribution in [0.4, 0.5) is 0 Å². The van der Waals surface area contributed by atoms with Gasteiger partial charge >= 0.3 is 0 Å². The minimum absolute atomic E-state index is 0.00741. The Labute approximate surface area is 155 Å². The molecule has 0 aliphatic carbocycles. The Morgan fingerprint density at radius 1 is 1.12 bits per heavy atom. The van der Waals surface area contributed by atoms with Crippen molar-refractivity contribution in [2.75, 3.05) is 46.4 Å². The first kappa shape index (κ1) is 18.7. The number of carbonyl (C=O) groups is 2. The molecule has 2 heterocycles. The van der Waals surface area contributed by atoms with Gasteiger partial charge in [-0.05, 0) is 62.5 Å². The van der Waals surface area contributed by atoms with Crippen molar-refractivity contribution in [3.8, 4) is 5.75 Å². The summed E-state index contributed by atoms with van der Waals surface area (Å²) >= 11 is 0. The largest absolute Gasteiger partial charge is 0.497 e. The van der Waals surface area contributed by atoms with Gasteiger partial charge in [0.15, 0.2) is 0 Å². The molecule has 2 amide bonds. The zero-order valence-electron chi connectivity index (χ0n) is 15.6. The van der Waals surface area contributed by atoms with Gasteiger partial charge in [-0.15, -0.1) is 0 Å². The van der Waals surface area contributed by atoms with E-state index in [-0.39, 0.29) is 18.4 Å². The Balaban J connectivity index is 1.41. The van der Waals surface area contributed by atoms with E-state index in [0.717, 1.165) is 26.1 Å². The van der Waals surface area contributed by atoms with Crippen molar-refractivity contribution in [2.24, 2.45) is 5.92 Å². The normalized spacial score (nSPS) is 20.8. The van der Waals surface area contributed by atoms with Crippen molar-refractivity contribution in [1.82, 2.24) is 15.1 Å². The summed E-state index contributed by atoms with van der Waals surface area (Å²) < 4.78 is 5.08. The van der Waals surface area contributed by atoms with E-state index in [4.69, 9.17) is 4.74 Å². The van der Waals surface area contributed by atoms with Gasteiger partial charge in [-0.25, -0.2) is 0 Å². The van der Waals surface area contributed by atoms with E-state index in [0.29, 0.717) is 17.2 Å². The lowest BCUT2D eigenvalue weighted by atomic mass is 10.1. The monoisotopic (exact) mass is 359 g/mol. The van der Waals surface area contributed by atoms with Crippen molar-refractivity contribution in [2.45, 2.75) is 25.7 Å². The van der Waals surface area contributed by atoms with Crippen LogP contribution in [0.25, 0.3) is 0 Å². The minimum atomic E-state index is -0.231. The van der Waals surface area contributed by atoms with Crippen LogP contribution in [0.5, 0.6) is 5.75 Å².